The van der Waals surface area contributed by atoms with E-state index in [0.29, 0.717) is 17.6 Å². The predicted molar refractivity (Wildman–Crippen MR) is 66.0 cm³/mol. The lowest BCUT2D eigenvalue weighted by molar-refractivity contribution is 0.246. The van der Waals surface area contributed by atoms with E-state index in [1.54, 1.807) is 17.0 Å². The molecule has 1 saturated carbocycles. The van der Waals surface area contributed by atoms with Gasteiger partial charge in [-0.3, -0.25) is 4.90 Å². The van der Waals surface area contributed by atoms with E-state index >= 15 is 0 Å². The molecule has 0 unspecified atom stereocenters. The Hall–Kier alpha value is -1.22. The summed E-state index contributed by atoms with van der Waals surface area (Å²) in [5, 5.41) is 3.62. The first-order chi connectivity index (χ1) is 7.70. The van der Waals surface area contributed by atoms with Gasteiger partial charge in [0.15, 0.2) is 0 Å². The number of rotatable bonds is 3. The number of halogens is 1. The molecule has 1 N–H and O–H groups in total. The number of carbonyl (C=O) groups excluding carboxylic acids is 1. The average molecular weight is 239 g/mol. The summed E-state index contributed by atoms with van der Waals surface area (Å²) >= 11 is 5.91. The summed E-state index contributed by atoms with van der Waals surface area (Å²) in [6.07, 6.45) is 2.19. The van der Waals surface area contributed by atoms with Crippen LogP contribution in [-0.4, -0.2) is 18.6 Å². The van der Waals surface area contributed by atoms with Crippen LogP contribution in [0.1, 0.15) is 19.8 Å². The molecule has 0 aromatic heterocycles. The zero-order chi connectivity index (χ0) is 11.5. The molecule has 0 bridgehead atoms. The highest BCUT2D eigenvalue weighted by Crippen LogP contribution is 2.22. The summed E-state index contributed by atoms with van der Waals surface area (Å²) in [6, 6.07) is 7.69. The molecule has 0 heterocycles. The van der Waals surface area contributed by atoms with Crippen LogP contribution in [0.4, 0.5) is 10.5 Å². The maximum absolute atomic E-state index is 11.9. The third-order valence-corrected chi connectivity index (χ3v) is 2.82. The SMILES string of the molecule is CCN(C(=O)NC1CC1)c1cccc(Cl)c1. The molecule has 1 aliphatic rings. The zero-order valence-corrected chi connectivity index (χ0v) is 10.00. The van der Waals surface area contributed by atoms with Gasteiger partial charge in [0.1, 0.15) is 0 Å². The van der Waals surface area contributed by atoms with Crippen LogP contribution in [0.15, 0.2) is 24.3 Å². The maximum atomic E-state index is 11.9. The number of benzene rings is 1. The highest BCUT2D eigenvalue weighted by atomic mass is 35.5. The van der Waals surface area contributed by atoms with Crippen molar-refractivity contribution in [1.82, 2.24) is 5.32 Å². The molecule has 16 heavy (non-hydrogen) atoms. The van der Waals surface area contributed by atoms with Crippen molar-refractivity contribution in [1.29, 1.82) is 0 Å². The Morgan fingerprint density at radius 3 is 2.88 bits per heavy atom. The second kappa shape index (κ2) is 4.74. The summed E-state index contributed by atoms with van der Waals surface area (Å²) in [7, 11) is 0. The molecule has 0 spiro atoms. The first kappa shape index (κ1) is 11.3. The Morgan fingerprint density at radius 1 is 1.56 bits per heavy atom. The molecule has 0 aliphatic heterocycles. The van der Waals surface area contributed by atoms with Crippen molar-refractivity contribution in [2.45, 2.75) is 25.8 Å². The van der Waals surface area contributed by atoms with Gasteiger partial charge in [0.2, 0.25) is 0 Å². The van der Waals surface area contributed by atoms with E-state index in [1.807, 2.05) is 19.1 Å². The fraction of sp³-hybridized carbons (Fsp3) is 0.417. The van der Waals surface area contributed by atoms with Crippen LogP contribution in [0.3, 0.4) is 0 Å². The first-order valence-corrected chi connectivity index (χ1v) is 5.92. The van der Waals surface area contributed by atoms with E-state index in [2.05, 4.69) is 5.32 Å². The average Bonchev–Trinajstić information content (AvgIpc) is 3.03. The fourth-order valence-corrected chi connectivity index (χ4v) is 1.75. The van der Waals surface area contributed by atoms with Crippen LogP contribution < -0.4 is 10.2 Å². The van der Waals surface area contributed by atoms with E-state index in [4.69, 9.17) is 11.6 Å². The Kier molecular flexibility index (Phi) is 3.34. The van der Waals surface area contributed by atoms with E-state index in [0.717, 1.165) is 18.5 Å². The van der Waals surface area contributed by atoms with E-state index in [1.165, 1.54) is 0 Å². The number of amides is 2. The molecule has 0 saturated heterocycles. The topological polar surface area (TPSA) is 32.3 Å². The van der Waals surface area contributed by atoms with Gasteiger partial charge in [-0.2, -0.15) is 0 Å². The first-order valence-electron chi connectivity index (χ1n) is 5.54. The molecule has 3 nitrogen and oxygen atoms in total. The number of hydrogen-bond donors (Lipinski definition) is 1. The van der Waals surface area contributed by atoms with Crippen molar-refractivity contribution >= 4 is 23.3 Å². The highest BCUT2D eigenvalue weighted by molar-refractivity contribution is 6.30. The Bertz CT molecular complexity index is 390. The largest absolute Gasteiger partial charge is 0.335 e. The van der Waals surface area contributed by atoms with Crippen molar-refractivity contribution in [2.24, 2.45) is 0 Å². The molecule has 1 fully saturated rings. The van der Waals surface area contributed by atoms with Gasteiger partial charge in [-0.25, -0.2) is 4.79 Å². The summed E-state index contributed by atoms with van der Waals surface area (Å²) in [5.41, 5.74) is 0.841. The third-order valence-electron chi connectivity index (χ3n) is 2.59. The fourth-order valence-electron chi connectivity index (χ4n) is 1.57. The molecule has 0 radical (unpaired) electrons. The van der Waals surface area contributed by atoms with Crippen molar-refractivity contribution < 1.29 is 4.79 Å². The van der Waals surface area contributed by atoms with E-state index in [9.17, 15) is 4.79 Å². The van der Waals surface area contributed by atoms with Crippen molar-refractivity contribution in [3.05, 3.63) is 29.3 Å². The molecule has 1 aromatic rings. The standard InChI is InChI=1S/C12H15ClN2O/c1-2-15(12(16)14-10-6-7-10)11-5-3-4-9(13)8-11/h3-5,8,10H,2,6-7H2,1H3,(H,14,16). The second-order valence-corrected chi connectivity index (χ2v) is 4.38. The Labute approximate surface area is 100 Å². The monoisotopic (exact) mass is 238 g/mol. The van der Waals surface area contributed by atoms with Gasteiger partial charge in [0, 0.05) is 23.3 Å². The summed E-state index contributed by atoms with van der Waals surface area (Å²) in [4.78, 5) is 13.6. The van der Waals surface area contributed by atoms with Gasteiger partial charge >= 0.3 is 6.03 Å². The van der Waals surface area contributed by atoms with Gasteiger partial charge in [0.25, 0.3) is 0 Å². The van der Waals surface area contributed by atoms with Crippen LogP contribution in [0.2, 0.25) is 5.02 Å². The number of carbonyl (C=O) groups is 1. The van der Waals surface area contributed by atoms with Crippen LogP contribution in [0, 0.1) is 0 Å². The maximum Gasteiger partial charge on any atom is 0.322 e. The minimum absolute atomic E-state index is 0.0349. The summed E-state index contributed by atoms with van der Waals surface area (Å²) in [5.74, 6) is 0. The van der Waals surface area contributed by atoms with Gasteiger partial charge in [-0.15, -0.1) is 0 Å². The number of anilines is 1. The number of hydrogen-bond acceptors (Lipinski definition) is 1. The molecular formula is C12H15ClN2O. The molecule has 2 amide bonds. The molecule has 1 aromatic carbocycles. The summed E-state index contributed by atoms with van der Waals surface area (Å²) < 4.78 is 0. The normalized spacial score (nSPS) is 14.6. The van der Waals surface area contributed by atoms with Crippen LogP contribution >= 0.6 is 11.6 Å². The number of nitrogens with zero attached hydrogens (tertiary/aromatic N) is 1. The number of nitrogens with one attached hydrogen (secondary N) is 1. The minimum Gasteiger partial charge on any atom is -0.335 e. The van der Waals surface area contributed by atoms with Crippen LogP contribution in [-0.2, 0) is 0 Å². The van der Waals surface area contributed by atoms with Gasteiger partial charge in [-0.1, -0.05) is 17.7 Å². The number of urea groups is 1. The molecule has 2 rings (SSSR count). The molecule has 86 valence electrons. The smallest absolute Gasteiger partial charge is 0.322 e. The van der Waals surface area contributed by atoms with Crippen molar-refractivity contribution in [2.75, 3.05) is 11.4 Å². The Balaban J connectivity index is 2.11. The lowest BCUT2D eigenvalue weighted by atomic mass is 10.3. The van der Waals surface area contributed by atoms with E-state index < -0.39 is 0 Å². The van der Waals surface area contributed by atoms with Gasteiger partial charge in [0.05, 0.1) is 0 Å². The second-order valence-electron chi connectivity index (χ2n) is 3.95. The minimum atomic E-state index is -0.0349. The lowest BCUT2D eigenvalue weighted by Gasteiger charge is -2.21. The Morgan fingerprint density at radius 2 is 2.31 bits per heavy atom. The molecule has 0 atom stereocenters. The molecule has 1 aliphatic carbocycles. The summed E-state index contributed by atoms with van der Waals surface area (Å²) in [6.45, 7) is 2.59. The van der Waals surface area contributed by atoms with Gasteiger partial charge < -0.3 is 5.32 Å². The quantitative estimate of drug-likeness (QED) is 0.863. The van der Waals surface area contributed by atoms with Gasteiger partial charge in [-0.05, 0) is 38.0 Å². The van der Waals surface area contributed by atoms with Crippen molar-refractivity contribution in [3.8, 4) is 0 Å². The highest BCUT2D eigenvalue weighted by Gasteiger charge is 2.25. The predicted octanol–water partition coefficient (Wildman–Crippen LogP) is 3.04. The van der Waals surface area contributed by atoms with Crippen LogP contribution in [0.5, 0.6) is 0 Å². The lowest BCUT2D eigenvalue weighted by Crippen LogP contribution is -2.41. The third kappa shape index (κ3) is 2.67. The van der Waals surface area contributed by atoms with Crippen molar-refractivity contribution in [3.63, 3.8) is 0 Å². The molecule has 4 heteroatoms. The molecular weight excluding hydrogens is 224 g/mol. The van der Waals surface area contributed by atoms with E-state index in [-0.39, 0.29) is 6.03 Å². The van der Waals surface area contributed by atoms with Crippen LogP contribution in [0.25, 0.3) is 0 Å². The zero-order valence-electron chi connectivity index (χ0n) is 9.24.